The highest BCUT2D eigenvalue weighted by atomic mass is 127. The van der Waals surface area contributed by atoms with E-state index in [0.29, 0.717) is 13.0 Å². The fourth-order valence-corrected chi connectivity index (χ4v) is 2.51. The van der Waals surface area contributed by atoms with Gasteiger partial charge in [-0.05, 0) is 18.6 Å². The maximum absolute atomic E-state index is 11.5. The summed E-state index contributed by atoms with van der Waals surface area (Å²) in [5, 5.41) is 6.39. The summed E-state index contributed by atoms with van der Waals surface area (Å²) in [5.74, 6) is 0.835. The van der Waals surface area contributed by atoms with Gasteiger partial charge in [0.2, 0.25) is 5.91 Å². The normalized spacial score (nSPS) is 10.8. The van der Waals surface area contributed by atoms with Gasteiger partial charge < -0.3 is 15.5 Å². The van der Waals surface area contributed by atoms with Crippen molar-refractivity contribution in [3.05, 3.63) is 21.9 Å². The summed E-state index contributed by atoms with van der Waals surface area (Å²) < 4.78 is 0. The van der Waals surface area contributed by atoms with Crippen molar-refractivity contribution >= 4 is 47.2 Å². The van der Waals surface area contributed by atoms with Crippen LogP contribution in [0, 0.1) is 0 Å². The summed E-state index contributed by atoms with van der Waals surface area (Å²) in [6.07, 6.45) is 1.54. The summed E-state index contributed by atoms with van der Waals surface area (Å²) >= 11 is 1.81. The molecule has 0 saturated carbocycles. The molecule has 2 N–H and O–H groups in total. The first-order valence-electron chi connectivity index (χ1n) is 6.79. The smallest absolute Gasteiger partial charge is 0.223 e. The van der Waals surface area contributed by atoms with Crippen LogP contribution in [0.1, 0.15) is 23.1 Å². The molecule has 0 unspecified atom stereocenters. The molecular formula is C14H25IN4OS. The van der Waals surface area contributed by atoms with Gasteiger partial charge in [0.1, 0.15) is 0 Å². The lowest BCUT2D eigenvalue weighted by molar-refractivity contribution is -0.128. The third-order valence-corrected chi connectivity index (χ3v) is 4.08. The van der Waals surface area contributed by atoms with Crippen LogP contribution in [-0.2, 0) is 17.8 Å². The molecule has 0 spiro atoms. The number of nitrogens with one attached hydrogen (secondary N) is 2. The number of thiophene rings is 1. The number of guanidine groups is 1. The first-order valence-corrected chi connectivity index (χ1v) is 7.60. The van der Waals surface area contributed by atoms with Crippen LogP contribution in [0.3, 0.4) is 0 Å². The maximum Gasteiger partial charge on any atom is 0.223 e. The molecule has 0 fully saturated rings. The minimum Gasteiger partial charge on any atom is -0.356 e. The molecule has 21 heavy (non-hydrogen) atoms. The molecule has 5 nitrogen and oxygen atoms in total. The van der Waals surface area contributed by atoms with Gasteiger partial charge in [0.05, 0.1) is 6.54 Å². The topological polar surface area (TPSA) is 56.7 Å². The fraction of sp³-hybridized carbons (Fsp3) is 0.571. The van der Waals surface area contributed by atoms with Gasteiger partial charge in [0.25, 0.3) is 0 Å². The Balaban J connectivity index is 0.00000400. The van der Waals surface area contributed by atoms with Crippen molar-refractivity contribution in [1.29, 1.82) is 0 Å². The molecule has 1 aromatic heterocycles. The molecule has 0 radical (unpaired) electrons. The Morgan fingerprint density at radius 2 is 1.95 bits per heavy atom. The lowest BCUT2D eigenvalue weighted by Gasteiger charge is -2.13. The fourth-order valence-electron chi connectivity index (χ4n) is 1.61. The predicted molar refractivity (Wildman–Crippen MR) is 101 cm³/mol. The van der Waals surface area contributed by atoms with Crippen LogP contribution in [-0.4, -0.2) is 44.5 Å². The van der Waals surface area contributed by atoms with Crippen LogP contribution in [0.4, 0.5) is 0 Å². The molecule has 0 aliphatic rings. The molecule has 1 heterocycles. The lowest BCUT2D eigenvalue weighted by atomic mass is 10.3. The molecule has 120 valence electrons. The minimum absolute atomic E-state index is 0. The van der Waals surface area contributed by atoms with E-state index in [1.165, 1.54) is 9.75 Å². The first-order chi connectivity index (χ1) is 9.56. The average molecular weight is 424 g/mol. The second kappa shape index (κ2) is 10.8. The Bertz CT molecular complexity index is 460. The Morgan fingerprint density at radius 3 is 2.48 bits per heavy atom. The number of carbonyl (C=O) groups excluding carboxylic acids is 1. The average Bonchev–Trinajstić information content (AvgIpc) is 2.90. The molecule has 0 bridgehead atoms. The zero-order valence-corrected chi connectivity index (χ0v) is 16.2. The molecular weight excluding hydrogens is 399 g/mol. The molecule has 1 amide bonds. The summed E-state index contributed by atoms with van der Waals surface area (Å²) in [6, 6.07) is 4.30. The third-order valence-electron chi connectivity index (χ3n) is 2.85. The van der Waals surface area contributed by atoms with Crippen molar-refractivity contribution in [2.45, 2.75) is 26.3 Å². The summed E-state index contributed by atoms with van der Waals surface area (Å²) in [6.45, 7) is 3.50. The number of hydrogen-bond acceptors (Lipinski definition) is 3. The second-order valence-corrected chi connectivity index (χ2v) is 5.87. The third kappa shape index (κ3) is 7.66. The molecule has 1 rings (SSSR count). The lowest BCUT2D eigenvalue weighted by Crippen LogP contribution is -2.38. The van der Waals surface area contributed by atoms with Crippen LogP contribution in [0.2, 0.25) is 0 Å². The van der Waals surface area contributed by atoms with E-state index >= 15 is 0 Å². The van der Waals surface area contributed by atoms with Crippen molar-refractivity contribution in [2.24, 2.45) is 4.99 Å². The van der Waals surface area contributed by atoms with Gasteiger partial charge in [-0.3, -0.25) is 9.79 Å². The zero-order chi connectivity index (χ0) is 15.0. The molecule has 1 aromatic rings. The van der Waals surface area contributed by atoms with Gasteiger partial charge in [-0.2, -0.15) is 0 Å². The van der Waals surface area contributed by atoms with Gasteiger partial charge in [-0.1, -0.05) is 6.92 Å². The van der Waals surface area contributed by atoms with Gasteiger partial charge in [0, 0.05) is 43.9 Å². The van der Waals surface area contributed by atoms with E-state index in [9.17, 15) is 4.79 Å². The number of aryl methyl sites for hydroxylation is 1. The molecule has 0 saturated heterocycles. The van der Waals surface area contributed by atoms with E-state index in [2.05, 4.69) is 34.7 Å². The van der Waals surface area contributed by atoms with Crippen molar-refractivity contribution in [2.75, 3.05) is 27.7 Å². The van der Waals surface area contributed by atoms with Gasteiger partial charge in [0.15, 0.2) is 5.96 Å². The number of rotatable bonds is 6. The van der Waals surface area contributed by atoms with Gasteiger partial charge in [-0.15, -0.1) is 35.3 Å². The largest absolute Gasteiger partial charge is 0.356 e. The van der Waals surface area contributed by atoms with E-state index in [-0.39, 0.29) is 29.9 Å². The Morgan fingerprint density at radius 1 is 1.29 bits per heavy atom. The Hall–Kier alpha value is -0.830. The second-order valence-electron chi connectivity index (χ2n) is 4.61. The quantitative estimate of drug-likeness (QED) is 0.418. The number of amides is 1. The number of carbonyl (C=O) groups is 1. The predicted octanol–water partition coefficient (Wildman–Crippen LogP) is 2.07. The highest BCUT2D eigenvalue weighted by Gasteiger charge is 2.05. The molecule has 7 heteroatoms. The van der Waals surface area contributed by atoms with E-state index < -0.39 is 0 Å². The molecule has 0 aliphatic carbocycles. The maximum atomic E-state index is 11.5. The van der Waals surface area contributed by atoms with Crippen molar-refractivity contribution < 1.29 is 4.79 Å². The van der Waals surface area contributed by atoms with Crippen LogP contribution in [0.25, 0.3) is 0 Å². The van der Waals surface area contributed by atoms with Crippen LogP contribution in [0.5, 0.6) is 0 Å². The SMILES string of the molecule is CCc1ccc(CNC(=NC)NCCC(=O)N(C)C)s1.I. The Kier molecular flexibility index (Phi) is 10.4. The number of nitrogens with zero attached hydrogens (tertiary/aromatic N) is 2. The highest BCUT2D eigenvalue weighted by molar-refractivity contribution is 14.0. The highest BCUT2D eigenvalue weighted by Crippen LogP contribution is 2.16. The van der Waals surface area contributed by atoms with Crippen LogP contribution >= 0.6 is 35.3 Å². The van der Waals surface area contributed by atoms with Gasteiger partial charge in [-0.25, -0.2) is 0 Å². The van der Waals surface area contributed by atoms with Crippen molar-refractivity contribution in [3.63, 3.8) is 0 Å². The summed E-state index contributed by atoms with van der Waals surface area (Å²) in [7, 11) is 5.25. The monoisotopic (exact) mass is 424 g/mol. The Labute approximate surface area is 148 Å². The van der Waals surface area contributed by atoms with E-state index in [0.717, 1.165) is 18.9 Å². The molecule has 0 aromatic carbocycles. The van der Waals surface area contributed by atoms with Gasteiger partial charge >= 0.3 is 0 Å². The summed E-state index contributed by atoms with van der Waals surface area (Å²) in [5.41, 5.74) is 0. The van der Waals surface area contributed by atoms with Crippen molar-refractivity contribution in [1.82, 2.24) is 15.5 Å². The molecule has 0 aliphatic heterocycles. The standard InChI is InChI=1S/C14H24N4OS.HI/c1-5-11-6-7-12(20-11)10-17-14(15-2)16-9-8-13(19)18(3)4;/h6-7H,5,8-10H2,1-4H3,(H2,15,16,17);1H. The molecule has 0 atom stereocenters. The number of aliphatic imine (C=N–C) groups is 1. The van der Waals surface area contributed by atoms with E-state index in [1.54, 1.807) is 26.0 Å². The van der Waals surface area contributed by atoms with Crippen LogP contribution < -0.4 is 10.6 Å². The van der Waals surface area contributed by atoms with Crippen molar-refractivity contribution in [3.8, 4) is 0 Å². The summed E-state index contributed by atoms with van der Waals surface area (Å²) in [4.78, 5) is 19.9. The van der Waals surface area contributed by atoms with Crippen LogP contribution in [0.15, 0.2) is 17.1 Å². The van der Waals surface area contributed by atoms with E-state index in [1.807, 2.05) is 11.3 Å². The number of hydrogen-bond donors (Lipinski definition) is 2. The first kappa shape index (κ1) is 20.2. The van der Waals surface area contributed by atoms with E-state index in [4.69, 9.17) is 0 Å². The zero-order valence-electron chi connectivity index (χ0n) is 13.1. The minimum atomic E-state index is 0. The number of halogens is 1.